The number of nitrogens with one attached hydrogen (secondary N) is 3. The smallest absolute Gasteiger partial charge is 0.273 e. The number of aromatic nitrogens is 2. The summed E-state index contributed by atoms with van der Waals surface area (Å²) in [6.45, 7) is 4.88. The van der Waals surface area contributed by atoms with Crippen LogP contribution < -0.4 is 16.0 Å². The third-order valence-corrected chi connectivity index (χ3v) is 10.5. The van der Waals surface area contributed by atoms with Gasteiger partial charge < -0.3 is 30.2 Å². The van der Waals surface area contributed by atoms with Gasteiger partial charge >= 0.3 is 0 Å². The minimum absolute atomic E-state index is 0.0262. The van der Waals surface area contributed by atoms with Gasteiger partial charge in [-0.15, -0.1) is 11.3 Å². The van der Waals surface area contributed by atoms with Crippen molar-refractivity contribution in [1.82, 2.24) is 35.7 Å². The summed E-state index contributed by atoms with van der Waals surface area (Å²) < 4.78 is 5.72. The molecule has 0 spiro atoms. The fraction of sp³-hybridized carbons (Fsp3) is 0.514. The van der Waals surface area contributed by atoms with Crippen LogP contribution in [0.25, 0.3) is 0 Å². The number of carbonyl (C=O) groups excluding carboxylic acids is 5. The molecule has 49 heavy (non-hydrogen) atoms. The average molecular weight is 690 g/mol. The van der Waals surface area contributed by atoms with Gasteiger partial charge in [-0.3, -0.25) is 24.0 Å². The highest BCUT2D eigenvalue weighted by molar-refractivity contribution is 7.09. The molecular formula is C35H43N7O6S. The van der Waals surface area contributed by atoms with Crippen LogP contribution in [0.1, 0.15) is 95.5 Å². The van der Waals surface area contributed by atoms with Gasteiger partial charge in [-0.05, 0) is 37.2 Å². The summed E-state index contributed by atoms with van der Waals surface area (Å²) in [5, 5.41) is 11.0. The highest BCUT2D eigenvalue weighted by Crippen LogP contribution is 2.31. The molecule has 0 radical (unpaired) electrons. The molecule has 1 aliphatic carbocycles. The zero-order valence-electron chi connectivity index (χ0n) is 27.9. The predicted molar refractivity (Wildman–Crippen MR) is 180 cm³/mol. The minimum Gasteiger partial charge on any atom is -0.446 e. The highest BCUT2D eigenvalue weighted by Gasteiger charge is 2.35. The SMILES string of the molecule is CC(C)[C@@H]1NC(=O)CN(C(=O)C2CCN(C(=O)C3CCC3)CC2)CCNC(=O)c2coc(n2)[C@H](Cc2ccccc2)NC(=O)c2csc1n2. The first-order chi connectivity index (χ1) is 23.7. The van der Waals surface area contributed by atoms with E-state index in [-0.39, 0.29) is 72.4 Å². The zero-order chi connectivity index (χ0) is 34.5. The quantitative estimate of drug-likeness (QED) is 0.367. The maximum absolute atomic E-state index is 13.9. The second kappa shape index (κ2) is 15.3. The first-order valence-corrected chi connectivity index (χ1v) is 17.9. The van der Waals surface area contributed by atoms with Crippen molar-refractivity contribution in [2.45, 2.75) is 64.5 Å². The van der Waals surface area contributed by atoms with Crippen molar-refractivity contribution in [3.05, 3.63) is 69.8 Å². The molecule has 2 atom stereocenters. The summed E-state index contributed by atoms with van der Waals surface area (Å²) in [6, 6.07) is 8.36. The molecule has 4 heterocycles. The van der Waals surface area contributed by atoms with Crippen LogP contribution in [0.15, 0.2) is 46.4 Å². The standard InChI is InChI=1S/C35H43N7O6S/c1-21(2)29-33-39-27(20-49-33)31(45)37-25(17-22-7-4-3-5-8-22)32-38-26(19-48-32)30(44)36-13-16-42(18-28(43)40-29)35(47)24-11-14-41(15-12-24)34(46)23-9-6-10-23/h3-5,7-8,19-21,23-25,29H,6,9-18H2,1-2H3,(H,36,44)(H,37,45)(H,40,43)/t25-,29-/m0/s1. The Morgan fingerprint density at radius 1 is 0.898 bits per heavy atom. The first kappa shape index (κ1) is 34.3. The van der Waals surface area contributed by atoms with Crippen molar-refractivity contribution in [2.24, 2.45) is 17.8 Å². The molecule has 3 aromatic rings. The Bertz CT molecular complexity index is 1660. The summed E-state index contributed by atoms with van der Waals surface area (Å²) >= 11 is 1.27. The maximum atomic E-state index is 13.9. The molecule has 1 saturated heterocycles. The Morgan fingerprint density at radius 3 is 2.31 bits per heavy atom. The van der Waals surface area contributed by atoms with E-state index in [1.54, 1.807) is 5.38 Å². The van der Waals surface area contributed by atoms with E-state index >= 15 is 0 Å². The molecular weight excluding hydrogens is 646 g/mol. The Hall–Kier alpha value is -4.59. The number of rotatable bonds is 5. The number of amides is 5. The lowest BCUT2D eigenvalue weighted by molar-refractivity contribution is -0.145. The first-order valence-electron chi connectivity index (χ1n) is 17.1. The zero-order valence-corrected chi connectivity index (χ0v) is 28.7. The Morgan fingerprint density at radius 2 is 1.61 bits per heavy atom. The van der Waals surface area contributed by atoms with Crippen molar-refractivity contribution >= 4 is 40.9 Å². The molecule has 3 N–H and O–H groups in total. The number of benzene rings is 1. The van der Waals surface area contributed by atoms with Gasteiger partial charge in [-0.25, -0.2) is 9.97 Å². The number of nitrogens with zero attached hydrogens (tertiary/aromatic N) is 4. The number of likely N-dealkylation sites (tertiary alicyclic amines) is 1. The van der Waals surface area contributed by atoms with Crippen molar-refractivity contribution < 1.29 is 28.4 Å². The third-order valence-electron chi connectivity index (χ3n) is 9.57. The van der Waals surface area contributed by atoms with Gasteiger partial charge in [-0.1, -0.05) is 50.6 Å². The van der Waals surface area contributed by atoms with Gasteiger partial charge in [-0.2, -0.15) is 0 Å². The molecule has 1 aromatic carbocycles. The minimum atomic E-state index is -0.690. The Labute approximate surface area is 289 Å². The molecule has 13 nitrogen and oxygen atoms in total. The topological polar surface area (TPSA) is 167 Å². The van der Waals surface area contributed by atoms with Crippen LogP contribution in [0.5, 0.6) is 0 Å². The molecule has 5 amide bonds. The van der Waals surface area contributed by atoms with Crippen LogP contribution in [-0.4, -0.2) is 82.0 Å². The molecule has 2 aliphatic heterocycles. The lowest BCUT2D eigenvalue weighted by Gasteiger charge is -2.37. The number of piperidine rings is 1. The summed E-state index contributed by atoms with van der Waals surface area (Å²) in [7, 11) is 0. The summed E-state index contributed by atoms with van der Waals surface area (Å²) in [6.07, 6.45) is 5.60. The largest absolute Gasteiger partial charge is 0.446 e. The number of hydrogen-bond acceptors (Lipinski definition) is 9. The van der Waals surface area contributed by atoms with Gasteiger partial charge in [0.05, 0.1) is 12.6 Å². The number of oxazole rings is 1. The monoisotopic (exact) mass is 689 g/mol. The average Bonchev–Trinajstić information content (AvgIpc) is 3.77. The van der Waals surface area contributed by atoms with E-state index in [0.29, 0.717) is 37.4 Å². The number of carbonyl (C=O) groups is 5. The molecule has 14 heteroatoms. The molecule has 6 rings (SSSR count). The Kier molecular flexibility index (Phi) is 10.7. The third kappa shape index (κ3) is 8.18. The van der Waals surface area contributed by atoms with Gasteiger partial charge in [0.15, 0.2) is 5.69 Å². The summed E-state index contributed by atoms with van der Waals surface area (Å²) in [5.74, 6) is -1.45. The van der Waals surface area contributed by atoms with E-state index in [0.717, 1.165) is 24.8 Å². The highest BCUT2D eigenvalue weighted by atomic mass is 32.1. The van der Waals surface area contributed by atoms with E-state index in [1.165, 1.54) is 22.5 Å². The van der Waals surface area contributed by atoms with E-state index in [4.69, 9.17) is 4.42 Å². The van der Waals surface area contributed by atoms with Crippen molar-refractivity contribution in [2.75, 3.05) is 32.7 Å². The van der Waals surface area contributed by atoms with E-state index in [2.05, 4.69) is 25.9 Å². The lowest BCUT2D eigenvalue weighted by atomic mass is 9.83. The summed E-state index contributed by atoms with van der Waals surface area (Å²) in [5.41, 5.74) is 1.14. The molecule has 260 valence electrons. The molecule has 2 fully saturated rings. The second-order valence-electron chi connectivity index (χ2n) is 13.4. The predicted octanol–water partition coefficient (Wildman–Crippen LogP) is 3.27. The van der Waals surface area contributed by atoms with Crippen molar-refractivity contribution in [1.29, 1.82) is 0 Å². The van der Waals surface area contributed by atoms with Crippen molar-refractivity contribution in [3.8, 4) is 0 Å². The van der Waals surface area contributed by atoms with Crippen LogP contribution in [0.2, 0.25) is 0 Å². The fourth-order valence-electron chi connectivity index (χ4n) is 6.46. The molecule has 1 saturated carbocycles. The second-order valence-corrected chi connectivity index (χ2v) is 14.3. The lowest BCUT2D eigenvalue weighted by Crippen LogP contribution is -2.50. The number of thiazole rings is 1. The van der Waals surface area contributed by atoms with Gasteiger partial charge in [0.2, 0.25) is 23.6 Å². The van der Waals surface area contributed by atoms with Gasteiger partial charge in [0, 0.05) is 49.8 Å². The van der Waals surface area contributed by atoms with Crippen LogP contribution in [0.4, 0.5) is 0 Å². The normalized spacial score (nSPS) is 21.7. The van der Waals surface area contributed by atoms with Crippen LogP contribution in [0.3, 0.4) is 0 Å². The Balaban J connectivity index is 1.22. The number of hydrogen-bond donors (Lipinski definition) is 3. The molecule has 3 aliphatic rings. The van der Waals surface area contributed by atoms with E-state index in [1.807, 2.05) is 49.1 Å². The molecule has 0 unspecified atom stereocenters. The fourth-order valence-corrected chi connectivity index (χ4v) is 7.48. The van der Waals surface area contributed by atoms with E-state index in [9.17, 15) is 24.0 Å². The summed E-state index contributed by atoms with van der Waals surface area (Å²) in [4.78, 5) is 79.1. The van der Waals surface area contributed by atoms with Crippen LogP contribution in [-0.2, 0) is 20.8 Å². The van der Waals surface area contributed by atoms with Gasteiger partial charge in [0.1, 0.15) is 23.0 Å². The van der Waals surface area contributed by atoms with Crippen LogP contribution in [0, 0.1) is 17.8 Å². The maximum Gasteiger partial charge on any atom is 0.273 e. The van der Waals surface area contributed by atoms with Gasteiger partial charge in [0.25, 0.3) is 11.8 Å². The van der Waals surface area contributed by atoms with E-state index < -0.39 is 23.9 Å². The molecule has 4 bridgehead atoms. The van der Waals surface area contributed by atoms with Crippen LogP contribution >= 0.6 is 11.3 Å². The molecule has 2 aromatic heterocycles. The number of fused-ring (bicyclic) bond motifs is 4. The van der Waals surface area contributed by atoms with Crippen molar-refractivity contribution in [3.63, 3.8) is 0 Å².